The number of carbonyl (C=O) groups is 2. The second kappa shape index (κ2) is 9.42. The summed E-state index contributed by atoms with van der Waals surface area (Å²) >= 11 is 0. The van der Waals surface area contributed by atoms with E-state index in [1.54, 1.807) is 44.4 Å². The standard InChI is InChI=1S/C19H22N2O6/c1-12(2)26-15-7-5-14(10-16(15)24-4)6-8-19(23)25-11-18(22)20-17-9-13(3)27-21-17/h5-10,12H,11H2,1-4H3,(H,20,21,22)/b8-6+. The molecule has 1 aromatic heterocycles. The highest BCUT2D eigenvalue weighted by Crippen LogP contribution is 2.29. The summed E-state index contributed by atoms with van der Waals surface area (Å²) in [4.78, 5) is 23.5. The van der Waals surface area contributed by atoms with Crippen molar-refractivity contribution in [2.45, 2.75) is 26.9 Å². The minimum atomic E-state index is -0.650. The second-order valence-electron chi connectivity index (χ2n) is 5.89. The molecule has 1 aromatic carbocycles. The molecule has 0 aliphatic heterocycles. The fraction of sp³-hybridized carbons (Fsp3) is 0.316. The molecule has 0 aliphatic rings. The number of aryl methyl sites for hydroxylation is 1. The number of ether oxygens (including phenoxy) is 3. The van der Waals surface area contributed by atoms with Gasteiger partial charge in [0.25, 0.3) is 5.91 Å². The molecular weight excluding hydrogens is 352 g/mol. The monoisotopic (exact) mass is 374 g/mol. The van der Waals surface area contributed by atoms with Gasteiger partial charge >= 0.3 is 5.97 Å². The first kappa shape index (κ1) is 20.0. The molecule has 2 aromatic rings. The number of methoxy groups -OCH3 is 1. The number of hydrogen-bond donors (Lipinski definition) is 1. The summed E-state index contributed by atoms with van der Waals surface area (Å²) < 4.78 is 20.6. The molecule has 0 saturated carbocycles. The van der Waals surface area contributed by atoms with E-state index in [0.717, 1.165) is 5.56 Å². The number of nitrogens with one attached hydrogen (secondary N) is 1. The Morgan fingerprint density at radius 2 is 2.04 bits per heavy atom. The Bertz CT molecular complexity index is 825. The molecule has 1 heterocycles. The zero-order valence-electron chi connectivity index (χ0n) is 15.6. The van der Waals surface area contributed by atoms with Crippen LogP contribution < -0.4 is 14.8 Å². The summed E-state index contributed by atoms with van der Waals surface area (Å²) in [5, 5.41) is 6.07. The van der Waals surface area contributed by atoms with Crippen LogP contribution in [0.4, 0.5) is 5.82 Å². The highest BCUT2D eigenvalue weighted by molar-refractivity contribution is 5.94. The Balaban J connectivity index is 1.87. The van der Waals surface area contributed by atoms with Crippen LogP contribution in [-0.2, 0) is 14.3 Å². The maximum Gasteiger partial charge on any atom is 0.331 e. The van der Waals surface area contributed by atoms with Crippen LogP contribution in [0.1, 0.15) is 25.2 Å². The van der Waals surface area contributed by atoms with Gasteiger partial charge in [-0.05, 0) is 44.5 Å². The average molecular weight is 374 g/mol. The molecule has 0 bridgehead atoms. The molecule has 0 atom stereocenters. The summed E-state index contributed by atoms with van der Waals surface area (Å²) in [6.07, 6.45) is 2.80. The van der Waals surface area contributed by atoms with Crippen molar-refractivity contribution < 1.29 is 28.3 Å². The minimum Gasteiger partial charge on any atom is -0.493 e. The Morgan fingerprint density at radius 3 is 2.67 bits per heavy atom. The number of carbonyl (C=O) groups excluding carboxylic acids is 2. The number of esters is 1. The zero-order chi connectivity index (χ0) is 19.8. The Labute approximate surface area is 157 Å². The third kappa shape index (κ3) is 6.50. The summed E-state index contributed by atoms with van der Waals surface area (Å²) in [7, 11) is 1.54. The van der Waals surface area contributed by atoms with E-state index in [1.807, 2.05) is 13.8 Å². The molecule has 8 nitrogen and oxygen atoms in total. The number of rotatable bonds is 8. The van der Waals surface area contributed by atoms with E-state index in [1.165, 1.54) is 6.08 Å². The highest BCUT2D eigenvalue weighted by atomic mass is 16.5. The lowest BCUT2D eigenvalue weighted by Crippen LogP contribution is -2.20. The fourth-order valence-electron chi connectivity index (χ4n) is 2.09. The lowest BCUT2D eigenvalue weighted by atomic mass is 10.2. The van der Waals surface area contributed by atoms with Crippen molar-refractivity contribution in [2.75, 3.05) is 19.0 Å². The van der Waals surface area contributed by atoms with Gasteiger partial charge in [0.1, 0.15) is 5.76 Å². The van der Waals surface area contributed by atoms with Crippen LogP contribution in [0.2, 0.25) is 0 Å². The van der Waals surface area contributed by atoms with E-state index in [-0.39, 0.29) is 11.9 Å². The van der Waals surface area contributed by atoms with Gasteiger partial charge in [0.2, 0.25) is 0 Å². The zero-order valence-corrected chi connectivity index (χ0v) is 15.6. The third-order valence-corrected chi connectivity index (χ3v) is 3.20. The first-order valence-electron chi connectivity index (χ1n) is 8.30. The van der Waals surface area contributed by atoms with Crippen molar-refractivity contribution in [3.8, 4) is 11.5 Å². The van der Waals surface area contributed by atoms with Gasteiger partial charge in [0, 0.05) is 12.1 Å². The second-order valence-corrected chi connectivity index (χ2v) is 5.89. The number of anilines is 1. The van der Waals surface area contributed by atoms with Gasteiger partial charge < -0.3 is 24.1 Å². The van der Waals surface area contributed by atoms with Gasteiger partial charge in [-0.3, -0.25) is 4.79 Å². The largest absolute Gasteiger partial charge is 0.493 e. The van der Waals surface area contributed by atoms with Gasteiger partial charge in [-0.25, -0.2) is 4.79 Å². The van der Waals surface area contributed by atoms with E-state index in [4.69, 9.17) is 18.7 Å². The molecule has 2 rings (SSSR count). The van der Waals surface area contributed by atoms with Crippen LogP contribution in [0.3, 0.4) is 0 Å². The number of amides is 1. The fourth-order valence-corrected chi connectivity index (χ4v) is 2.09. The van der Waals surface area contributed by atoms with Gasteiger partial charge in [-0.1, -0.05) is 11.2 Å². The number of nitrogens with zero attached hydrogens (tertiary/aromatic N) is 1. The van der Waals surface area contributed by atoms with Crippen molar-refractivity contribution in [2.24, 2.45) is 0 Å². The minimum absolute atomic E-state index is 0.0163. The van der Waals surface area contributed by atoms with Gasteiger partial charge in [0.15, 0.2) is 23.9 Å². The molecule has 0 radical (unpaired) electrons. The van der Waals surface area contributed by atoms with Crippen LogP contribution in [0.5, 0.6) is 11.5 Å². The first-order chi connectivity index (χ1) is 12.9. The molecule has 27 heavy (non-hydrogen) atoms. The molecule has 1 amide bonds. The molecule has 0 spiro atoms. The number of aromatic nitrogens is 1. The van der Waals surface area contributed by atoms with Crippen molar-refractivity contribution in [3.05, 3.63) is 41.7 Å². The summed E-state index contributed by atoms with van der Waals surface area (Å²) in [5.74, 6) is 0.837. The average Bonchev–Trinajstić information content (AvgIpc) is 3.03. The lowest BCUT2D eigenvalue weighted by molar-refractivity contribution is -0.142. The van der Waals surface area contributed by atoms with Crippen molar-refractivity contribution in [1.82, 2.24) is 5.16 Å². The van der Waals surface area contributed by atoms with E-state index in [0.29, 0.717) is 17.3 Å². The highest BCUT2D eigenvalue weighted by Gasteiger charge is 2.09. The van der Waals surface area contributed by atoms with E-state index >= 15 is 0 Å². The molecule has 0 fully saturated rings. The van der Waals surface area contributed by atoms with E-state index in [2.05, 4.69) is 10.5 Å². The summed E-state index contributed by atoms with van der Waals surface area (Å²) in [6, 6.07) is 6.83. The molecule has 8 heteroatoms. The van der Waals surface area contributed by atoms with Crippen LogP contribution in [0.15, 0.2) is 34.9 Å². The van der Waals surface area contributed by atoms with Crippen LogP contribution >= 0.6 is 0 Å². The topological polar surface area (TPSA) is 99.9 Å². The lowest BCUT2D eigenvalue weighted by Gasteiger charge is -2.13. The molecule has 0 unspecified atom stereocenters. The van der Waals surface area contributed by atoms with E-state index in [9.17, 15) is 9.59 Å². The van der Waals surface area contributed by atoms with E-state index < -0.39 is 18.5 Å². The van der Waals surface area contributed by atoms with Crippen molar-refractivity contribution >= 4 is 23.8 Å². The number of benzene rings is 1. The smallest absolute Gasteiger partial charge is 0.331 e. The molecule has 1 N–H and O–H groups in total. The van der Waals surface area contributed by atoms with Crippen molar-refractivity contribution in [3.63, 3.8) is 0 Å². The molecule has 0 saturated heterocycles. The predicted molar refractivity (Wildman–Crippen MR) is 98.6 cm³/mol. The summed E-state index contributed by atoms with van der Waals surface area (Å²) in [6.45, 7) is 5.11. The van der Waals surface area contributed by atoms with Crippen molar-refractivity contribution in [1.29, 1.82) is 0 Å². The first-order valence-corrected chi connectivity index (χ1v) is 8.30. The SMILES string of the molecule is COc1cc(/C=C/C(=O)OCC(=O)Nc2cc(C)on2)ccc1OC(C)C. The van der Waals surface area contributed by atoms with Gasteiger partial charge in [-0.15, -0.1) is 0 Å². The summed E-state index contributed by atoms with van der Waals surface area (Å²) in [5.41, 5.74) is 0.724. The maximum absolute atomic E-state index is 11.8. The third-order valence-electron chi connectivity index (χ3n) is 3.20. The number of hydrogen-bond acceptors (Lipinski definition) is 7. The maximum atomic E-state index is 11.8. The van der Waals surface area contributed by atoms with Gasteiger partial charge in [0.05, 0.1) is 13.2 Å². The Morgan fingerprint density at radius 1 is 1.26 bits per heavy atom. The normalized spacial score (nSPS) is 10.9. The predicted octanol–water partition coefficient (Wildman–Crippen LogP) is 2.97. The van der Waals surface area contributed by atoms with Crippen LogP contribution in [0.25, 0.3) is 6.08 Å². The molecule has 0 aliphatic carbocycles. The Kier molecular flexibility index (Phi) is 6.99. The Hall–Kier alpha value is -3.29. The molecule has 144 valence electrons. The quantitative estimate of drug-likeness (QED) is 0.560. The van der Waals surface area contributed by atoms with Crippen LogP contribution in [-0.4, -0.2) is 36.9 Å². The van der Waals surface area contributed by atoms with Gasteiger partial charge in [-0.2, -0.15) is 0 Å². The van der Waals surface area contributed by atoms with Crippen LogP contribution in [0, 0.1) is 6.92 Å². The molecular formula is C19H22N2O6.